The normalized spacial score (nSPS) is 10.7. The lowest BCUT2D eigenvalue weighted by atomic mass is 10.2. The van der Waals surface area contributed by atoms with E-state index in [4.69, 9.17) is 0 Å². The van der Waals surface area contributed by atoms with E-state index in [-0.39, 0.29) is 17.3 Å². The third-order valence-corrected chi connectivity index (χ3v) is 6.12. The van der Waals surface area contributed by atoms with E-state index in [2.05, 4.69) is 20.8 Å². The van der Waals surface area contributed by atoms with Crippen LogP contribution in [0.5, 0.6) is 0 Å². The Morgan fingerprint density at radius 3 is 2.14 bits per heavy atom. The van der Waals surface area contributed by atoms with E-state index in [1.54, 1.807) is 0 Å². The smallest absolute Gasteiger partial charge is 0.269 e. The van der Waals surface area contributed by atoms with Crippen LogP contribution in [-0.4, -0.2) is 31.3 Å². The number of nitrogens with zero attached hydrogens (tertiary/aromatic N) is 4. The third kappa shape index (κ3) is 6.24. The molecule has 1 amide bonds. The van der Waals surface area contributed by atoms with Crippen LogP contribution >= 0.6 is 11.8 Å². The molecule has 10 heteroatoms. The van der Waals surface area contributed by atoms with Crippen LogP contribution in [0.3, 0.4) is 0 Å². The van der Waals surface area contributed by atoms with Gasteiger partial charge in [0.2, 0.25) is 5.91 Å². The quantitative estimate of drug-likeness (QED) is 0.190. The van der Waals surface area contributed by atoms with Crippen LogP contribution in [-0.2, 0) is 11.3 Å². The summed E-state index contributed by atoms with van der Waals surface area (Å²) in [7, 11) is 0. The lowest BCUT2D eigenvalue weighted by Gasteiger charge is -2.12. The number of benzene rings is 3. The molecule has 2 N–H and O–H groups in total. The van der Waals surface area contributed by atoms with E-state index in [1.807, 2.05) is 66.9 Å². The first-order valence-corrected chi connectivity index (χ1v) is 11.9. The molecule has 0 fully saturated rings. The number of nitro benzene ring substituents is 1. The SMILES string of the molecule is Cc1ccc(NCc2nnc(SCC(=O)Nc3ccc([N+](=O)[O-])cc3)n2-c2ccc(C)cc2)cc1. The Hall–Kier alpha value is -4.18. The van der Waals surface area contributed by atoms with Gasteiger partial charge in [-0.2, -0.15) is 0 Å². The number of hydrogen-bond donors (Lipinski definition) is 2. The summed E-state index contributed by atoms with van der Waals surface area (Å²) in [6.45, 7) is 4.52. The van der Waals surface area contributed by atoms with Gasteiger partial charge in [0, 0.05) is 29.2 Å². The number of hydrogen-bond acceptors (Lipinski definition) is 7. The predicted octanol–water partition coefficient (Wildman–Crippen LogP) is 5.14. The first-order valence-electron chi connectivity index (χ1n) is 10.9. The second kappa shape index (κ2) is 10.8. The summed E-state index contributed by atoms with van der Waals surface area (Å²) in [5.74, 6) is 0.571. The van der Waals surface area contributed by atoms with Crippen LogP contribution in [0.4, 0.5) is 17.1 Å². The highest BCUT2D eigenvalue weighted by atomic mass is 32.2. The van der Waals surface area contributed by atoms with Gasteiger partial charge >= 0.3 is 0 Å². The van der Waals surface area contributed by atoms with E-state index >= 15 is 0 Å². The lowest BCUT2D eigenvalue weighted by Crippen LogP contribution is -2.15. The number of anilines is 2. The van der Waals surface area contributed by atoms with E-state index in [0.717, 1.165) is 16.9 Å². The number of aromatic nitrogens is 3. The van der Waals surface area contributed by atoms with Crippen LogP contribution in [0.15, 0.2) is 78.0 Å². The molecule has 0 bridgehead atoms. The zero-order valence-electron chi connectivity index (χ0n) is 19.3. The summed E-state index contributed by atoms with van der Waals surface area (Å²) in [5.41, 5.74) is 4.66. The highest BCUT2D eigenvalue weighted by Crippen LogP contribution is 2.24. The van der Waals surface area contributed by atoms with Gasteiger partial charge in [0.1, 0.15) is 0 Å². The van der Waals surface area contributed by atoms with Crippen molar-refractivity contribution >= 4 is 34.7 Å². The fourth-order valence-corrected chi connectivity index (χ4v) is 4.08. The second-order valence-corrected chi connectivity index (χ2v) is 8.87. The van der Waals surface area contributed by atoms with Crippen LogP contribution < -0.4 is 10.6 Å². The maximum atomic E-state index is 12.5. The molecule has 4 aromatic rings. The molecule has 0 aliphatic heterocycles. The molecule has 0 unspecified atom stereocenters. The summed E-state index contributed by atoms with van der Waals surface area (Å²) in [5, 5.41) is 26.2. The Labute approximate surface area is 206 Å². The van der Waals surface area contributed by atoms with Crippen LogP contribution in [0.1, 0.15) is 17.0 Å². The van der Waals surface area contributed by atoms with Gasteiger partial charge in [-0.25, -0.2) is 0 Å². The third-order valence-electron chi connectivity index (χ3n) is 5.19. The molecule has 9 nitrogen and oxygen atoms in total. The standard InChI is InChI=1S/C25H24N6O3S/c1-17-3-7-19(8-4-17)26-15-23-28-29-25(30(23)21-11-5-18(2)6-12-21)35-16-24(32)27-20-9-13-22(14-10-20)31(33)34/h3-14,26H,15-16H2,1-2H3,(H,27,32). The van der Waals surface area contributed by atoms with Gasteiger partial charge in [-0.05, 0) is 50.2 Å². The molecule has 1 heterocycles. The number of thioether (sulfide) groups is 1. The van der Waals surface area contributed by atoms with Gasteiger partial charge in [-0.3, -0.25) is 19.5 Å². The van der Waals surface area contributed by atoms with Crippen molar-refractivity contribution in [3.63, 3.8) is 0 Å². The number of non-ortho nitro benzene ring substituents is 1. The van der Waals surface area contributed by atoms with Crippen LogP contribution in [0, 0.1) is 24.0 Å². The van der Waals surface area contributed by atoms with Crippen molar-refractivity contribution in [2.24, 2.45) is 0 Å². The fraction of sp³-hybridized carbons (Fsp3) is 0.160. The molecule has 178 valence electrons. The molecule has 0 saturated carbocycles. The van der Waals surface area contributed by atoms with Gasteiger partial charge in [0.05, 0.1) is 17.2 Å². The summed E-state index contributed by atoms with van der Waals surface area (Å²) in [4.78, 5) is 22.8. The first kappa shape index (κ1) is 24.0. The summed E-state index contributed by atoms with van der Waals surface area (Å²) >= 11 is 1.27. The number of nitro groups is 1. The number of aryl methyl sites for hydroxylation is 2. The monoisotopic (exact) mass is 488 g/mol. The van der Waals surface area contributed by atoms with E-state index in [9.17, 15) is 14.9 Å². The van der Waals surface area contributed by atoms with Crippen LogP contribution in [0.25, 0.3) is 5.69 Å². The highest BCUT2D eigenvalue weighted by molar-refractivity contribution is 7.99. The fourth-order valence-electron chi connectivity index (χ4n) is 3.31. The second-order valence-electron chi connectivity index (χ2n) is 7.93. The molecular formula is C25H24N6O3S. The van der Waals surface area contributed by atoms with Gasteiger partial charge in [0.25, 0.3) is 5.69 Å². The molecule has 0 aliphatic rings. The molecule has 0 saturated heterocycles. The van der Waals surface area contributed by atoms with Gasteiger partial charge in [-0.15, -0.1) is 10.2 Å². The van der Waals surface area contributed by atoms with Crippen molar-refractivity contribution in [2.75, 3.05) is 16.4 Å². The first-order chi connectivity index (χ1) is 16.9. The molecule has 0 radical (unpaired) electrons. The molecule has 0 spiro atoms. The minimum atomic E-state index is -0.482. The Morgan fingerprint density at radius 2 is 1.51 bits per heavy atom. The highest BCUT2D eigenvalue weighted by Gasteiger charge is 2.16. The van der Waals surface area contributed by atoms with Gasteiger partial charge in [0.15, 0.2) is 11.0 Å². The van der Waals surface area contributed by atoms with Crippen molar-refractivity contribution in [1.29, 1.82) is 0 Å². The zero-order valence-corrected chi connectivity index (χ0v) is 20.1. The predicted molar refractivity (Wildman–Crippen MR) is 137 cm³/mol. The zero-order chi connectivity index (χ0) is 24.8. The van der Waals surface area contributed by atoms with Crippen molar-refractivity contribution in [1.82, 2.24) is 14.8 Å². The van der Waals surface area contributed by atoms with Gasteiger partial charge < -0.3 is 10.6 Å². The van der Waals surface area contributed by atoms with Crippen molar-refractivity contribution < 1.29 is 9.72 Å². The van der Waals surface area contributed by atoms with Crippen molar-refractivity contribution in [2.45, 2.75) is 25.5 Å². The number of rotatable bonds is 9. The van der Waals surface area contributed by atoms with E-state index in [0.29, 0.717) is 23.2 Å². The number of amides is 1. The molecule has 4 rings (SSSR count). The topological polar surface area (TPSA) is 115 Å². The maximum absolute atomic E-state index is 12.5. The summed E-state index contributed by atoms with van der Waals surface area (Å²) < 4.78 is 1.93. The number of carbonyl (C=O) groups excluding carboxylic acids is 1. The lowest BCUT2D eigenvalue weighted by molar-refractivity contribution is -0.384. The molecule has 3 aromatic carbocycles. The molecule has 1 aromatic heterocycles. The largest absolute Gasteiger partial charge is 0.378 e. The number of nitrogens with one attached hydrogen (secondary N) is 2. The Balaban J connectivity index is 1.48. The van der Waals surface area contributed by atoms with E-state index in [1.165, 1.54) is 41.6 Å². The Morgan fingerprint density at radius 1 is 0.914 bits per heavy atom. The minimum absolute atomic E-state index is 0.0321. The van der Waals surface area contributed by atoms with Crippen LogP contribution in [0.2, 0.25) is 0 Å². The Kier molecular flexibility index (Phi) is 7.41. The molecular weight excluding hydrogens is 464 g/mol. The maximum Gasteiger partial charge on any atom is 0.269 e. The van der Waals surface area contributed by atoms with Crippen molar-refractivity contribution in [3.05, 3.63) is 99.9 Å². The average Bonchev–Trinajstić information content (AvgIpc) is 3.26. The van der Waals surface area contributed by atoms with E-state index < -0.39 is 4.92 Å². The molecule has 0 atom stereocenters. The molecule has 0 aliphatic carbocycles. The minimum Gasteiger partial charge on any atom is -0.378 e. The summed E-state index contributed by atoms with van der Waals surface area (Å²) in [6.07, 6.45) is 0. The van der Waals surface area contributed by atoms with Gasteiger partial charge in [-0.1, -0.05) is 47.2 Å². The Bertz CT molecular complexity index is 1320. The average molecular weight is 489 g/mol. The summed E-state index contributed by atoms with van der Waals surface area (Å²) in [6, 6.07) is 21.8. The molecule has 35 heavy (non-hydrogen) atoms. The number of carbonyl (C=O) groups is 1. The van der Waals surface area contributed by atoms with Crippen molar-refractivity contribution in [3.8, 4) is 5.69 Å².